The number of hydrogen-bond donors (Lipinski definition) is 1. The molecule has 0 aromatic heterocycles. The molecule has 0 saturated carbocycles. The first-order valence-corrected chi connectivity index (χ1v) is 8.24. The first-order chi connectivity index (χ1) is 12.8. The highest BCUT2D eigenvalue weighted by molar-refractivity contribution is 6.00. The SMILES string of the molecule is O=C(NCc1ccccc1F)[C@H]1CC(=O)N(c2cccc(C(F)(F)F)c2)C1. The molecule has 0 aliphatic carbocycles. The Morgan fingerprint density at radius 3 is 2.59 bits per heavy atom. The molecule has 3 rings (SSSR count). The molecule has 0 bridgehead atoms. The maximum atomic E-state index is 13.6. The summed E-state index contributed by atoms with van der Waals surface area (Å²) in [6.45, 7) is -0.0526. The van der Waals surface area contributed by atoms with Crippen LogP contribution in [0.3, 0.4) is 0 Å². The Balaban J connectivity index is 1.67. The van der Waals surface area contributed by atoms with Crippen LogP contribution in [0.15, 0.2) is 48.5 Å². The van der Waals surface area contributed by atoms with Gasteiger partial charge in [0.15, 0.2) is 0 Å². The number of halogens is 4. The lowest BCUT2D eigenvalue weighted by atomic mass is 10.1. The molecule has 142 valence electrons. The minimum Gasteiger partial charge on any atom is -0.352 e. The number of amides is 2. The van der Waals surface area contributed by atoms with Crippen LogP contribution in [0, 0.1) is 11.7 Å². The molecule has 1 aliphatic rings. The zero-order valence-electron chi connectivity index (χ0n) is 14.1. The zero-order chi connectivity index (χ0) is 19.6. The fourth-order valence-corrected chi connectivity index (χ4v) is 2.95. The van der Waals surface area contributed by atoms with Crippen LogP contribution in [0.4, 0.5) is 23.2 Å². The van der Waals surface area contributed by atoms with E-state index in [9.17, 15) is 27.2 Å². The quantitative estimate of drug-likeness (QED) is 0.826. The molecule has 1 N–H and O–H groups in total. The largest absolute Gasteiger partial charge is 0.416 e. The Hall–Kier alpha value is -2.90. The van der Waals surface area contributed by atoms with Crippen LogP contribution < -0.4 is 10.2 Å². The Morgan fingerprint density at radius 1 is 1.15 bits per heavy atom. The Labute approximate surface area is 152 Å². The second-order valence-electron chi connectivity index (χ2n) is 6.26. The monoisotopic (exact) mass is 380 g/mol. The van der Waals surface area contributed by atoms with Crippen molar-refractivity contribution >= 4 is 17.5 Å². The third-order valence-corrected chi connectivity index (χ3v) is 4.39. The lowest BCUT2D eigenvalue weighted by molar-refractivity contribution is -0.137. The number of nitrogens with one attached hydrogen (secondary N) is 1. The van der Waals surface area contributed by atoms with E-state index < -0.39 is 35.3 Å². The van der Waals surface area contributed by atoms with Crippen LogP contribution in [0.25, 0.3) is 0 Å². The van der Waals surface area contributed by atoms with Crippen LogP contribution in [0.1, 0.15) is 17.5 Å². The number of benzene rings is 2. The fraction of sp³-hybridized carbons (Fsp3) is 0.263. The van der Waals surface area contributed by atoms with Crippen molar-refractivity contribution in [2.75, 3.05) is 11.4 Å². The molecule has 2 aromatic rings. The minimum atomic E-state index is -4.52. The van der Waals surface area contributed by atoms with Crippen LogP contribution in [0.2, 0.25) is 0 Å². The van der Waals surface area contributed by atoms with E-state index >= 15 is 0 Å². The van der Waals surface area contributed by atoms with Crippen molar-refractivity contribution in [2.45, 2.75) is 19.1 Å². The van der Waals surface area contributed by atoms with Crippen molar-refractivity contribution in [3.8, 4) is 0 Å². The molecule has 1 fully saturated rings. The normalized spacial score (nSPS) is 17.3. The molecule has 1 heterocycles. The van der Waals surface area contributed by atoms with E-state index in [0.717, 1.165) is 12.1 Å². The van der Waals surface area contributed by atoms with Gasteiger partial charge < -0.3 is 10.2 Å². The van der Waals surface area contributed by atoms with Crippen molar-refractivity contribution in [1.29, 1.82) is 0 Å². The first kappa shape index (κ1) is 18.9. The van der Waals surface area contributed by atoms with E-state index in [-0.39, 0.29) is 25.2 Å². The Kier molecular flexibility index (Phi) is 5.16. The summed E-state index contributed by atoms with van der Waals surface area (Å²) in [5.74, 6) is -2.04. The molecule has 1 aliphatic heterocycles. The number of nitrogens with zero attached hydrogens (tertiary/aromatic N) is 1. The average Bonchev–Trinajstić information content (AvgIpc) is 3.02. The van der Waals surface area contributed by atoms with E-state index in [4.69, 9.17) is 0 Å². The van der Waals surface area contributed by atoms with Gasteiger partial charge in [-0.3, -0.25) is 9.59 Å². The molecule has 2 aromatic carbocycles. The predicted octanol–water partition coefficient (Wildman–Crippen LogP) is 3.51. The van der Waals surface area contributed by atoms with Crippen molar-refractivity contribution in [3.63, 3.8) is 0 Å². The standard InChI is InChI=1S/C19H16F4N2O2/c20-16-7-2-1-4-12(16)10-24-18(27)13-8-17(26)25(11-13)15-6-3-5-14(9-15)19(21,22)23/h1-7,9,13H,8,10-11H2,(H,24,27)/t13-/m0/s1. The maximum absolute atomic E-state index is 13.6. The third kappa shape index (κ3) is 4.27. The highest BCUT2D eigenvalue weighted by Gasteiger charge is 2.36. The maximum Gasteiger partial charge on any atom is 0.416 e. The summed E-state index contributed by atoms with van der Waals surface area (Å²) < 4.78 is 52.1. The smallest absolute Gasteiger partial charge is 0.352 e. The number of hydrogen-bond acceptors (Lipinski definition) is 2. The molecule has 1 atom stereocenters. The molecule has 0 unspecified atom stereocenters. The predicted molar refractivity (Wildman–Crippen MR) is 90.2 cm³/mol. The zero-order valence-corrected chi connectivity index (χ0v) is 14.1. The fourth-order valence-electron chi connectivity index (χ4n) is 2.95. The van der Waals surface area contributed by atoms with Gasteiger partial charge in [0.2, 0.25) is 11.8 Å². The van der Waals surface area contributed by atoms with Crippen molar-refractivity contribution < 1.29 is 27.2 Å². The van der Waals surface area contributed by atoms with Gasteiger partial charge in [-0.05, 0) is 24.3 Å². The van der Waals surface area contributed by atoms with E-state index in [1.165, 1.54) is 35.2 Å². The second kappa shape index (κ2) is 7.38. The number of rotatable bonds is 4. The molecule has 0 spiro atoms. The van der Waals surface area contributed by atoms with Crippen LogP contribution in [0.5, 0.6) is 0 Å². The van der Waals surface area contributed by atoms with Crippen LogP contribution in [-0.2, 0) is 22.3 Å². The first-order valence-electron chi connectivity index (χ1n) is 8.24. The van der Waals surface area contributed by atoms with Gasteiger partial charge in [-0.2, -0.15) is 13.2 Å². The molecule has 27 heavy (non-hydrogen) atoms. The van der Waals surface area contributed by atoms with E-state index in [1.54, 1.807) is 6.07 Å². The summed E-state index contributed by atoms with van der Waals surface area (Å²) >= 11 is 0. The van der Waals surface area contributed by atoms with Gasteiger partial charge in [0, 0.05) is 30.8 Å². The number of carbonyl (C=O) groups excluding carboxylic acids is 2. The molecular weight excluding hydrogens is 364 g/mol. The van der Waals surface area contributed by atoms with Gasteiger partial charge in [0.25, 0.3) is 0 Å². The number of anilines is 1. The van der Waals surface area contributed by atoms with Crippen molar-refractivity contribution in [1.82, 2.24) is 5.32 Å². The van der Waals surface area contributed by atoms with Gasteiger partial charge in [-0.25, -0.2) is 4.39 Å². The van der Waals surface area contributed by atoms with E-state index in [2.05, 4.69) is 5.32 Å². The number of carbonyl (C=O) groups is 2. The van der Waals surface area contributed by atoms with Gasteiger partial charge in [0.1, 0.15) is 5.82 Å². The molecule has 8 heteroatoms. The lowest BCUT2D eigenvalue weighted by Gasteiger charge is -2.18. The Morgan fingerprint density at radius 2 is 1.89 bits per heavy atom. The third-order valence-electron chi connectivity index (χ3n) is 4.39. The molecule has 1 saturated heterocycles. The molecule has 2 amide bonds. The highest BCUT2D eigenvalue weighted by atomic mass is 19.4. The van der Waals surface area contributed by atoms with E-state index in [1.807, 2.05) is 0 Å². The van der Waals surface area contributed by atoms with Gasteiger partial charge in [0.05, 0.1) is 11.5 Å². The van der Waals surface area contributed by atoms with Gasteiger partial charge in [-0.1, -0.05) is 24.3 Å². The average molecular weight is 380 g/mol. The van der Waals surface area contributed by atoms with Crippen LogP contribution >= 0.6 is 0 Å². The van der Waals surface area contributed by atoms with Gasteiger partial charge >= 0.3 is 6.18 Å². The number of alkyl halides is 3. The molecule has 4 nitrogen and oxygen atoms in total. The lowest BCUT2D eigenvalue weighted by Crippen LogP contribution is -2.32. The summed E-state index contributed by atoms with van der Waals surface area (Å²) in [7, 11) is 0. The summed E-state index contributed by atoms with van der Waals surface area (Å²) in [6.07, 6.45) is -4.63. The second-order valence-corrected chi connectivity index (χ2v) is 6.26. The van der Waals surface area contributed by atoms with Crippen molar-refractivity contribution in [2.24, 2.45) is 5.92 Å². The summed E-state index contributed by atoms with van der Waals surface area (Å²) in [5, 5.41) is 2.57. The van der Waals surface area contributed by atoms with Crippen LogP contribution in [-0.4, -0.2) is 18.4 Å². The van der Waals surface area contributed by atoms with Gasteiger partial charge in [-0.15, -0.1) is 0 Å². The topological polar surface area (TPSA) is 49.4 Å². The summed E-state index contributed by atoms with van der Waals surface area (Å²) in [4.78, 5) is 25.6. The summed E-state index contributed by atoms with van der Waals surface area (Å²) in [6, 6.07) is 10.4. The van der Waals surface area contributed by atoms with E-state index in [0.29, 0.717) is 5.56 Å². The van der Waals surface area contributed by atoms with Crippen molar-refractivity contribution in [3.05, 3.63) is 65.5 Å². The Bertz CT molecular complexity index is 867. The summed E-state index contributed by atoms with van der Waals surface area (Å²) in [5.41, 5.74) is -0.454. The molecular formula is C19H16F4N2O2. The highest BCUT2D eigenvalue weighted by Crippen LogP contribution is 2.33. The molecule has 0 radical (unpaired) electrons. The minimum absolute atomic E-state index is 0.0246.